The number of fused-ring (bicyclic) bond motifs is 1. The van der Waals surface area contributed by atoms with Crippen LogP contribution in [0, 0.1) is 0 Å². The van der Waals surface area contributed by atoms with Gasteiger partial charge in [0.1, 0.15) is 0 Å². The third kappa shape index (κ3) is 2.95. The highest BCUT2D eigenvalue weighted by Gasteiger charge is 2.61. The SMILES string of the molecule is CCCO[C@]1(C(F)(F)F)CN(C2CC2)C(=O)Nc2ccc(Cl)cc21. The molecule has 0 spiro atoms. The van der Waals surface area contributed by atoms with Crippen LogP contribution in [0.15, 0.2) is 18.2 Å². The predicted molar refractivity (Wildman–Crippen MR) is 84.2 cm³/mol. The Hall–Kier alpha value is -1.47. The summed E-state index contributed by atoms with van der Waals surface area (Å²) in [5.74, 6) is 0. The van der Waals surface area contributed by atoms with E-state index in [1.807, 2.05) is 0 Å². The molecule has 0 bridgehead atoms. The Bertz CT molecular complexity index is 649. The van der Waals surface area contributed by atoms with E-state index in [1.165, 1.54) is 23.1 Å². The number of nitrogens with zero attached hydrogens (tertiary/aromatic N) is 1. The van der Waals surface area contributed by atoms with Crippen LogP contribution in [0.25, 0.3) is 0 Å². The summed E-state index contributed by atoms with van der Waals surface area (Å²) >= 11 is 5.94. The minimum absolute atomic E-state index is 0.0713. The zero-order valence-corrected chi connectivity index (χ0v) is 13.9. The van der Waals surface area contributed by atoms with Crippen LogP contribution in [0.2, 0.25) is 5.02 Å². The molecule has 1 aliphatic carbocycles. The molecule has 1 fully saturated rings. The van der Waals surface area contributed by atoms with Crippen molar-refractivity contribution in [3.63, 3.8) is 0 Å². The number of hydrogen-bond donors (Lipinski definition) is 1. The molecule has 8 heteroatoms. The summed E-state index contributed by atoms with van der Waals surface area (Å²) in [6.45, 7) is 1.10. The maximum absolute atomic E-state index is 14.2. The fourth-order valence-electron chi connectivity index (χ4n) is 2.95. The van der Waals surface area contributed by atoms with Crippen molar-refractivity contribution in [2.24, 2.45) is 0 Å². The van der Waals surface area contributed by atoms with Gasteiger partial charge in [-0.1, -0.05) is 18.5 Å². The topological polar surface area (TPSA) is 41.6 Å². The molecule has 0 radical (unpaired) electrons. The van der Waals surface area contributed by atoms with Crippen LogP contribution in [-0.4, -0.2) is 36.3 Å². The Labute approximate surface area is 142 Å². The molecule has 132 valence electrons. The Kier molecular flexibility index (Phi) is 4.42. The van der Waals surface area contributed by atoms with Gasteiger partial charge in [-0.3, -0.25) is 0 Å². The standard InChI is InChI=1S/C16H18ClF3N2O2/c1-2-7-24-15(16(18,19)20)9-22(11-4-5-11)14(23)21-13-6-3-10(17)8-12(13)15/h3,6,8,11H,2,4-5,7,9H2,1H3,(H,21,23)/t15-/m1/s1. The Morgan fingerprint density at radius 3 is 2.71 bits per heavy atom. The van der Waals surface area contributed by atoms with Gasteiger partial charge in [0.15, 0.2) is 0 Å². The largest absolute Gasteiger partial charge is 0.423 e. The minimum Gasteiger partial charge on any atom is -0.359 e. The lowest BCUT2D eigenvalue weighted by Gasteiger charge is -2.38. The lowest BCUT2D eigenvalue weighted by atomic mass is 9.90. The van der Waals surface area contributed by atoms with Gasteiger partial charge in [0, 0.05) is 28.9 Å². The molecular formula is C16H18ClF3N2O2. The number of alkyl halides is 3. The van der Waals surface area contributed by atoms with Crippen LogP contribution in [0.3, 0.4) is 0 Å². The van der Waals surface area contributed by atoms with E-state index in [2.05, 4.69) is 5.32 Å². The van der Waals surface area contributed by atoms with Crippen LogP contribution in [-0.2, 0) is 10.3 Å². The fourth-order valence-corrected chi connectivity index (χ4v) is 3.12. The van der Waals surface area contributed by atoms with Crippen LogP contribution in [0.5, 0.6) is 0 Å². The number of carbonyl (C=O) groups is 1. The molecule has 1 saturated carbocycles. The first-order valence-electron chi connectivity index (χ1n) is 7.87. The van der Waals surface area contributed by atoms with Gasteiger partial charge in [-0.05, 0) is 37.5 Å². The number of hydrogen-bond acceptors (Lipinski definition) is 2. The molecule has 1 N–H and O–H groups in total. The molecule has 0 saturated heterocycles. The number of amides is 2. The van der Waals surface area contributed by atoms with Crippen molar-refractivity contribution in [1.29, 1.82) is 0 Å². The zero-order chi connectivity index (χ0) is 17.5. The fraction of sp³-hybridized carbons (Fsp3) is 0.562. The Morgan fingerprint density at radius 2 is 2.12 bits per heavy atom. The maximum atomic E-state index is 14.2. The van der Waals surface area contributed by atoms with E-state index < -0.39 is 24.4 Å². The van der Waals surface area contributed by atoms with Gasteiger partial charge in [-0.25, -0.2) is 4.79 Å². The summed E-state index contributed by atoms with van der Waals surface area (Å²) in [7, 11) is 0. The molecule has 1 aliphatic heterocycles. The first-order valence-corrected chi connectivity index (χ1v) is 8.24. The molecule has 1 heterocycles. The average molecular weight is 363 g/mol. The van der Waals surface area contributed by atoms with Crippen LogP contribution in [0.1, 0.15) is 31.7 Å². The summed E-state index contributed by atoms with van der Waals surface area (Å²) in [6, 6.07) is 3.36. The van der Waals surface area contributed by atoms with Crippen molar-refractivity contribution in [2.75, 3.05) is 18.5 Å². The number of urea groups is 1. The van der Waals surface area contributed by atoms with Crippen molar-refractivity contribution >= 4 is 23.3 Å². The third-order valence-corrected chi connectivity index (χ3v) is 4.55. The highest BCUT2D eigenvalue weighted by Crippen LogP contribution is 2.49. The van der Waals surface area contributed by atoms with Crippen molar-refractivity contribution < 1.29 is 22.7 Å². The molecule has 1 atom stereocenters. The lowest BCUT2D eigenvalue weighted by Crippen LogP contribution is -2.53. The number of ether oxygens (including phenoxy) is 1. The highest BCUT2D eigenvalue weighted by atomic mass is 35.5. The summed E-state index contributed by atoms with van der Waals surface area (Å²) in [5.41, 5.74) is -2.65. The van der Waals surface area contributed by atoms with E-state index in [4.69, 9.17) is 16.3 Å². The first-order chi connectivity index (χ1) is 11.3. The molecule has 3 rings (SSSR count). The van der Waals surface area contributed by atoms with Gasteiger partial charge < -0.3 is 15.0 Å². The quantitative estimate of drug-likeness (QED) is 0.854. The molecule has 0 unspecified atom stereocenters. The van der Waals surface area contributed by atoms with E-state index in [0.717, 1.165) is 0 Å². The van der Waals surface area contributed by atoms with E-state index in [0.29, 0.717) is 19.3 Å². The molecule has 4 nitrogen and oxygen atoms in total. The molecular weight excluding hydrogens is 345 g/mol. The Morgan fingerprint density at radius 1 is 1.42 bits per heavy atom. The number of benzene rings is 1. The molecule has 24 heavy (non-hydrogen) atoms. The summed E-state index contributed by atoms with van der Waals surface area (Å²) < 4.78 is 47.9. The second-order valence-corrected chi connectivity index (χ2v) is 6.59. The summed E-state index contributed by atoms with van der Waals surface area (Å²) in [6.07, 6.45) is -2.86. The molecule has 0 aromatic heterocycles. The van der Waals surface area contributed by atoms with Crippen molar-refractivity contribution in [3.05, 3.63) is 28.8 Å². The van der Waals surface area contributed by atoms with Crippen molar-refractivity contribution in [3.8, 4) is 0 Å². The number of nitrogens with one attached hydrogen (secondary N) is 1. The van der Waals surface area contributed by atoms with Gasteiger partial charge in [-0.2, -0.15) is 13.2 Å². The molecule has 2 amide bonds. The van der Waals surface area contributed by atoms with Crippen LogP contribution < -0.4 is 5.32 Å². The smallest absolute Gasteiger partial charge is 0.359 e. The summed E-state index contributed by atoms with van der Waals surface area (Å²) in [4.78, 5) is 13.6. The molecule has 1 aromatic carbocycles. The summed E-state index contributed by atoms with van der Waals surface area (Å²) in [5, 5.41) is 2.74. The number of rotatable bonds is 4. The van der Waals surface area contributed by atoms with E-state index >= 15 is 0 Å². The van der Waals surface area contributed by atoms with Gasteiger partial charge in [0.25, 0.3) is 0 Å². The first kappa shape index (κ1) is 17.4. The highest BCUT2D eigenvalue weighted by molar-refractivity contribution is 6.30. The monoisotopic (exact) mass is 362 g/mol. The van der Waals surface area contributed by atoms with Crippen molar-refractivity contribution in [1.82, 2.24) is 4.90 Å². The van der Waals surface area contributed by atoms with E-state index in [1.54, 1.807) is 6.92 Å². The second-order valence-electron chi connectivity index (χ2n) is 6.15. The number of halogens is 4. The van der Waals surface area contributed by atoms with Crippen LogP contribution >= 0.6 is 11.6 Å². The normalized spacial score (nSPS) is 24.4. The van der Waals surface area contributed by atoms with Crippen molar-refractivity contribution in [2.45, 2.75) is 44.0 Å². The van der Waals surface area contributed by atoms with E-state index in [-0.39, 0.29) is 28.9 Å². The van der Waals surface area contributed by atoms with Gasteiger partial charge in [0.05, 0.1) is 6.54 Å². The van der Waals surface area contributed by atoms with E-state index in [9.17, 15) is 18.0 Å². The minimum atomic E-state index is -4.69. The molecule has 2 aliphatic rings. The predicted octanol–water partition coefficient (Wildman–Crippen LogP) is 4.53. The third-order valence-electron chi connectivity index (χ3n) is 4.31. The number of anilines is 1. The zero-order valence-electron chi connectivity index (χ0n) is 13.1. The maximum Gasteiger partial charge on any atom is 0.423 e. The molecule has 1 aromatic rings. The van der Waals surface area contributed by atoms with Crippen LogP contribution in [0.4, 0.5) is 23.7 Å². The lowest BCUT2D eigenvalue weighted by molar-refractivity contribution is -0.287. The number of carbonyl (C=O) groups excluding carboxylic acids is 1. The van der Waals surface area contributed by atoms with Gasteiger partial charge in [0.2, 0.25) is 5.60 Å². The van der Waals surface area contributed by atoms with Gasteiger partial charge >= 0.3 is 12.2 Å². The Balaban J connectivity index is 2.17. The van der Waals surface area contributed by atoms with Gasteiger partial charge in [-0.15, -0.1) is 0 Å². The average Bonchev–Trinajstić information content (AvgIpc) is 3.32. The second kappa shape index (κ2) is 6.11.